The van der Waals surface area contributed by atoms with Crippen LogP contribution in [0.3, 0.4) is 0 Å². The molecule has 0 radical (unpaired) electrons. The second kappa shape index (κ2) is 4.95. The fourth-order valence-electron chi connectivity index (χ4n) is 1.99. The number of Topliss-reactive ketones (excluding diaryl/α,β-unsaturated/α-hetero) is 1. The van der Waals surface area contributed by atoms with E-state index in [1.54, 1.807) is 25.8 Å². The maximum absolute atomic E-state index is 12.1. The van der Waals surface area contributed by atoms with Crippen molar-refractivity contribution < 1.29 is 14.3 Å². The number of carbonyl (C=O) groups excluding carboxylic acids is 2. The van der Waals surface area contributed by atoms with Crippen LogP contribution in [0.1, 0.15) is 39.5 Å². The van der Waals surface area contributed by atoms with Gasteiger partial charge in [-0.2, -0.15) is 0 Å². The van der Waals surface area contributed by atoms with Gasteiger partial charge in [0.1, 0.15) is 11.4 Å². The van der Waals surface area contributed by atoms with Gasteiger partial charge < -0.3 is 9.64 Å². The summed E-state index contributed by atoms with van der Waals surface area (Å²) >= 11 is 0. The van der Waals surface area contributed by atoms with Crippen molar-refractivity contribution in [1.82, 2.24) is 4.90 Å². The average molecular weight is 227 g/mol. The van der Waals surface area contributed by atoms with Crippen molar-refractivity contribution in [3.63, 3.8) is 0 Å². The first-order valence-electron chi connectivity index (χ1n) is 5.72. The Kier molecular flexibility index (Phi) is 4.08. The van der Waals surface area contributed by atoms with E-state index in [2.05, 4.69) is 0 Å². The summed E-state index contributed by atoms with van der Waals surface area (Å²) in [5.41, 5.74) is -0.782. The first-order chi connectivity index (χ1) is 7.38. The number of carbonyl (C=O) groups is 2. The number of likely N-dealkylation sites (N-methyl/N-ethyl adjacent to an activating group) is 1. The molecule has 0 N–H and O–H groups in total. The van der Waals surface area contributed by atoms with Crippen molar-refractivity contribution in [1.29, 1.82) is 0 Å². The minimum absolute atomic E-state index is 0.0191. The van der Waals surface area contributed by atoms with Crippen LogP contribution in [0.15, 0.2) is 0 Å². The fourth-order valence-corrected chi connectivity index (χ4v) is 1.99. The SMILES string of the molecule is COC(C)(C)C(=O)N(C)C1CCC(=O)CC1. The van der Waals surface area contributed by atoms with E-state index in [-0.39, 0.29) is 11.9 Å². The van der Waals surface area contributed by atoms with Gasteiger partial charge in [0.05, 0.1) is 0 Å². The van der Waals surface area contributed by atoms with Crippen LogP contribution in [0.25, 0.3) is 0 Å². The predicted octanol–water partition coefficient (Wildman–Crippen LogP) is 1.38. The van der Waals surface area contributed by atoms with Gasteiger partial charge in [0.25, 0.3) is 5.91 Å². The molecule has 92 valence electrons. The molecule has 0 aromatic carbocycles. The van der Waals surface area contributed by atoms with Gasteiger partial charge in [0, 0.05) is 33.0 Å². The zero-order valence-corrected chi connectivity index (χ0v) is 10.6. The molecule has 0 aliphatic heterocycles. The average Bonchev–Trinajstić information content (AvgIpc) is 2.28. The number of nitrogens with zero attached hydrogens (tertiary/aromatic N) is 1. The lowest BCUT2D eigenvalue weighted by molar-refractivity contribution is -0.153. The number of amides is 1. The van der Waals surface area contributed by atoms with Crippen LogP contribution in [-0.2, 0) is 14.3 Å². The Hall–Kier alpha value is -0.900. The van der Waals surface area contributed by atoms with Crippen LogP contribution >= 0.6 is 0 Å². The first kappa shape index (κ1) is 13.2. The van der Waals surface area contributed by atoms with Gasteiger partial charge in [0.2, 0.25) is 0 Å². The Balaban J connectivity index is 2.60. The van der Waals surface area contributed by atoms with E-state index in [1.165, 1.54) is 7.11 Å². The van der Waals surface area contributed by atoms with Crippen LogP contribution in [-0.4, -0.2) is 42.4 Å². The maximum atomic E-state index is 12.1. The van der Waals surface area contributed by atoms with Crippen molar-refractivity contribution in [2.24, 2.45) is 0 Å². The summed E-state index contributed by atoms with van der Waals surface area (Å²) in [6, 6.07) is 0.180. The Bertz CT molecular complexity index is 276. The molecule has 4 heteroatoms. The van der Waals surface area contributed by atoms with Crippen molar-refractivity contribution in [2.75, 3.05) is 14.2 Å². The largest absolute Gasteiger partial charge is 0.369 e. The van der Waals surface area contributed by atoms with E-state index in [1.807, 2.05) is 0 Å². The molecule has 4 nitrogen and oxygen atoms in total. The lowest BCUT2D eigenvalue weighted by Gasteiger charge is -2.35. The van der Waals surface area contributed by atoms with E-state index in [4.69, 9.17) is 4.74 Å². The quantitative estimate of drug-likeness (QED) is 0.731. The summed E-state index contributed by atoms with van der Waals surface area (Å²) in [6.07, 6.45) is 2.74. The van der Waals surface area contributed by atoms with Crippen LogP contribution in [0.4, 0.5) is 0 Å². The van der Waals surface area contributed by atoms with Gasteiger partial charge in [-0.25, -0.2) is 0 Å². The number of hydrogen-bond acceptors (Lipinski definition) is 3. The first-order valence-corrected chi connectivity index (χ1v) is 5.72. The van der Waals surface area contributed by atoms with Gasteiger partial charge in [-0.15, -0.1) is 0 Å². The van der Waals surface area contributed by atoms with Crippen molar-refractivity contribution in [3.05, 3.63) is 0 Å². The summed E-state index contributed by atoms with van der Waals surface area (Å²) in [5, 5.41) is 0. The molecule has 0 unspecified atom stereocenters. The predicted molar refractivity (Wildman–Crippen MR) is 61.1 cm³/mol. The summed E-state index contributed by atoms with van der Waals surface area (Å²) in [7, 11) is 3.33. The second-order valence-electron chi connectivity index (χ2n) is 4.90. The van der Waals surface area contributed by atoms with Crippen LogP contribution < -0.4 is 0 Å². The summed E-state index contributed by atoms with van der Waals surface area (Å²) in [4.78, 5) is 25.0. The van der Waals surface area contributed by atoms with E-state index < -0.39 is 5.60 Å². The molecule has 1 saturated carbocycles. The molecule has 0 saturated heterocycles. The summed E-state index contributed by atoms with van der Waals surface area (Å²) in [5.74, 6) is 0.289. The van der Waals surface area contributed by atoms with Crippen LogP contribution in [0.2, 0.25) is 0 Å². The molecule has 0 spiro atoms. The number of hydrogen-bond donors (Lipinski definition) is 0. The van der Waals surface area contributed by atoms with E-state index in [9.17, 15) is 9.59 Å². The van der Waals surface area contributed by atoms with Gasteiger partial charge >= 0.3 is 0 Å². The maximum Gasteiger partial charge on any atom is 0.254 e. The Morgan fingerprint density at radius 2 is 1.88 bits per heavy atom. The molecule has 0 aromatic heterocycles. The monoisotopic (exact) mass is 227 g/mol. The summed E-state index contributed by atoms with van der Waals surface area (Å²) in [6.45, 7) is 3.53. The Labute approximate surface area is 96.9 Å². The molecule has 1 aliphatic rings. The molecule has 0 atom stereocenters. The van der Waals surface area contributed by atoms with Crippen molar-refractivity contribution in [2.45, 2.75) is 51.2 Å². The highest BCUT2D eigenvalue weighted by atomic mass is 16.5. The highest BCUT2D eigenvalue weighted by Crippen LogP contribution is 2.22. The molecule has 16 heavy (non-hydrogen) atoms. The number of rotatable bonds is 3. The third kappa shape index (κ3) is 2.82. The summed E-state index contributed by atoms with van der Waals surface area (Å²) < 4.78 is 5.17. The lowest BCUT2D eigenvalue weighted by atomic mass is 9.92. The zero-order chi connectivity index (χ0) is 12.3. The molecular weight excluding hydrogens is 206 g/mol. The molecule has 1 amide bonds. The van der Waals surface area contributed by atoms with Gasteiger partial charge in [0.15, 0.2) is 0 Å². The van der Waals surface area contributed by atoms with Gasteiger partial charge in [-0.3, -0.25) is 9.59 Å². The highest BCUT2D eigenvalue weighted by molar-refractivity contribution is 5.85. The van der Waals surface area contributed by atoms with Gasteiger partial charge in [-0.05, 0) is 26.7 Å². The Morgan fingerprint density at radius 1 is 1.38 bits per heavy atom. The minimum Gasteiger partial charge on any atom is -0.369 e. The van der Waals surface area contributed by atoms with E-state index >= 15 is 0 Å². The number of methoxy groups -OCH3 is 1. The number of ketones is 1. The molecule has 0 bridgehead atoms. The van der Waals surface area contributed by atoms with Crippen molar-refractivity contribution >= 4 is 11.7 Å². The number of ether oxygens (including phenoxy) is 1. The van der Waals surface area contributed by atoms with Crippen LogP contribution in [0.5, 0.6) is 0 Å². The zero-order valence-electron chi connectivity index (χ0n) is 10.6. The highest BCUT2D eigenvalue weighted by Gasteiger charge is 2.34. The molecule has 0 aromatic rings. The fraction of sp³-hybridized carbons (Fsp3) is 0.833. The second-order valence-corrected chi connectivity index (χ2v) is 4.90. The Morgan fingerprint density at radius 3 is 2.31 bits per heavy atom. The standard InChI is InChI=1S/C12H21NO3/c1-12(2,16-4)11(15)13(3)9-5-7-10(14)8-6-9/h9H,5-8H2,1-4H3. The van der Waals surface area contributed by atoms with Crippen molar-refractivity contribution in [3.8, 4) is 0 Å². The third-order valence-corrected chi connectivity index (χ3v) is 3.41. The van der Waals surface area contributed by atoms with Gasteiger partial charge in [-0.1, -0.05) is 0 Å². The lowest BCUT2D eigenvalue weighted by Crippen LogP contribution is -2.49. The molecule has 0 heterocycles. The van der Waals surface area contributed by atoms with Crippen LogP contribution in [0, 0.1) is 0 Å². The normalized spacial score (nSPS) is 18.6. The third-order valence-electron chi connectivity index (χ3n) is 3.41. The molecule has 1 fully saturated rings. The minimum atomic E-state index is -0.782. The molecular formula is C12H21NO3. The topological polar surface area (TPSA) is 46.6 Å². The smallest absolute Gasteiger partial charge is 0.254 e. The van der Waals surface area contributed by atoms with E-state index in [0.717, 1.165) is 12.8 Å². The van der Waals surface area contributed by atoms with E-state index in [0.29, 0.717) is 18.6 Å². The molecule has 1 aliphatic carbocycles. The molecule has 1 rings (SSSR count).